The number of aromatic amines is 1. The molecule has 328 valence electrons. The van der Waals surface area contributed by atoms with Crippen molar-refractivity contribution in [2.75, 3.05) is 59.0 Å². The summed E-state index contributed by atoms with van der Waals surface area (Å²) in [5, 5.41) is 26.3. The molecule has 0 unspecified atom stereocenters. The van der Waals surface area contributed by atoms with Crippen LogP contribution in [0, 0.1) is 11.3 Å². The van der Waals surface area contributed by atoms with Crippen LogP contribution >= 0.6 is 12.4 Å². The van der Waals surface area contributed by atoms with Crippen molar-refractivity contribution in [3.05, 3.63) is 70.9 Å². The Hall–Kier alpha value is -4.47. The maximum atomic E-state index is 15.3. The molecular formula is C46H57ClN4O10. The topological polar surface area (TPSA) is 171 Å². The number of esters is 3. The highest BCUT2D eigenvalue weighted by atomic mass is 35.5. The Morgan fingerprint density at radius 1 is 0.967 bits per heavy atom. The first-order valence-corrected chi connectivity index (χ1v) is 21.3. The molecule has 6 heterocycles. The summed E-state index contributed by atoms with van der Waals surface area (Å²) in [5.74, 6) is -2.06. The number of methoxy groups -OCH3 is 3. The van der Waals surface area contributed by atoms with Gasteiger partial charge in [-0.1, -0.05) is 44.2 Å². The number of H-pyrrole nitrogens is 1. The Kier molecular flexibility index (Phi) is 10.7. The molecule has 2 bridgehead atoms. The summed E-state index contributed by atoms with van der Waals surface area (Å²) in [6.45, 7) is 8.16. The summed E-state index contributed by atoms with van der Waals surface area (Å²) in [4.78, 5) is 66.1. The summed E-state index contributed by atoms with van der Waals surface area (Å²) in [7, 11) is 4.09. The molecule has 61 heavy (non-hydrogen) atoms. The fraction of sp³-hybridized carbons (Fsp3) is 0.565. The number of piperidine rings is 1. The molecule has 2 saturated heterocycles. The van der Waals surface area contributed by atoms with Crippen LogP contribution in [0.2, 0.25) is 0 Å². The number of rotatable bonds is 8. The van der Waals surface area contributed by atoms with E-state index in [9.17, 15) is 24.6 Å². The highest BCUT2D eigenvalue weighted by Gasteiger charge is 2.81. The van der Waals surface area contributed by atoms with Gasteiger partial charge in [-0.3, -0.25) is 24.2 Å². The molecule has 10 atom stereocenters. The first kappa shape index (κ1) is 43.2. The molecule has 1 spiro atoms. The number of nitrogens with zero attached hydrogens (tertiary/aromatic N) is 3. The zero-order valence-electron chi connectivity index (χ0n) is 35.7. The van der Waals surface area contributed by atoms with Gasteiger partial charge in [0.15, 0.2) is 6.10 Å². The van der Waals surface area contributed by atoms with E-state index in [0.29, 0.717) is 99.5 Å². The van der Waals surface area contributed by atoms with Gasteiger partial charge in [0.25, 0.3) is 0 Å². The van der Waals surface area contributed by atoms with E-state index in [0.717, 1.165) is 16.5 Å². The van der Waals surface area contributed by atoms with Crippen LogP contribution in [0.15, 0.2) is 48.6 Å². The number of ether oxygens (including phenoxy) is 4. The van der Waals surface area contributed by atoms with Gasteiger partial charge in [-0.25, -0.2) is 4.79 Å². The molecule has 3 aromatic rings. The number of anilines is 1. The molecule has 1 aliphatic carbocycles. The molecule has 1 saturated carbocycles. The van der Waals surface area contributed by atoms with Gasteiger partial charge in [-0.05, 0) is 74.2 Å². The van der Waals surface area contributed by atoms with Crippen LogP contribution in [0.4, 0.5) is 5.69 Å². The average molecular weight is 861 g/mol. The zero-order valence-corrected chi connectivity index (χ0v) is 36.5. The van der Waals surface area contributed by atoms with E-state index < -0.39 is 63.5 Å². The second kappa shape index (κ2) is 15.1. The van der Waals surface area contributed by atoms with Crippen molar-refractivity contribution in [1.82, 2.24) is 14.8 Å². The van der Waals surface area contributed by atoms with Gasteiger partial charge in [-0.2, -0.15) is 0 Å². The number of para-hydroxylation sites is 1. The van der Waals surface area contributed by atoms with E-state index in [1.165, 1.54) is 33.2 Å². The van der Waals surface area contributed by atoms with E-state index in [4.69, 9.17) is 18.9 Å². The van der Waals surface area contributed by atoms with E-state index in [1.807, 2.05) is 50.3 Å². The molecule has 1 aromatic heterocycles. The summed E-state index contributed by atoms with van der Waals surface area (Å²) < 4.78 is 23.7. The number of carbonyl (C=O) groups is 4. The molecular weight excluding hydrogens is 804 g/mol. The van der Waals surface area contributed by atoms with Gasteiger partial charge >= 0.3 is 17.9 Å². The number of nitrogens with one attached hydrogen (secondary N) is 1. The fourth-order valence-corrected chi connectivity index (χ4v) is 13.4. The lowest BCUT2D eigenvalue weighted by Crippen LogP contribution is -2.81. The van der Waals surface area contributed by atoms with E-state index in [2.05, 4.69) is 20.9 Å². The number of halogens is 1. The summed E-state index contributed by atoms with van der Waals surface area (Å²) >= 11 is 0. The lowest BCUT2D eigenvalue weighted by Gasteiger charge is -2.63. The van der Waals surface area contributed by atoms with Gasteiger partial charge in [0.1, 0.15) is 11.2 Å². The zero-order chi connectivity index (χ0) is 42.6. The van der Waals surface area contributed by atoms with Crippen molar-refractivity contribution in [2.45, 2.75) is 99.5 Å². The molecule has 2 aromatic carbocycles. The number of benzene rings is 2. The van der Waals surface area contributed by atoms with Crippen molar-refractivity contribution in [3.63, 3.8) is 0 Å². The van der Waals surface area contributed by atoms with E-state index in [-0.39, 0.29) is 24.7 Å². The third-order valence-electron chi connectivity index (χ3n) is 15.5. The molecule has 5 aliphatic heterocycles. The Morgan fingerprint density at radius 2 is 1.72 bits per heavy atom. The highest BCUT2D eigenvalue weighted by molar-refractivity contribution is 5.96. The molecule has 1 amide bonds. The minimum Gasteiger partial charge on any atom is -0.496 e. The number of amides is 1. The number of hydrogen-bond acceptors (Lipinski definition) is 12. The second-order valence-electron chi connectivity index (χ2n) is 18.1. The van der Waals surface area contributed by atoms with Crippen LogP contribution in [0.1, 0.15) is 75.3 Å². The van der Waals surface area contributed by atoms with Crippen LogP contribution in [0.25, 0.3) is 10.9 Å². The SMILES string of the molecule is CC[C@]1(O)C[C@H]2C[N@](CCc3c([nH]c4ccccc34)[C@@](C(=O)OC)(c3cc4c(cc3OC)N(C=O)[C@H]3[C@@](O)(C(=O)OC)[C@H](OC(C)=O)[C@]5(CC)C=CCN6CC[C@]43[C@@H]65)C2)C1.Cl. The second-order valence-corrected chi connectivity index (χ2v) is 18.1. The van der Waals surface area contributed by atoms with Crippen molar-refractivity contribution in [2.24, 2.45) is 11.3 Å². The summed E-state index contributed by atoms with van der Waals surface area (Å²) in [6.07, 6.45) is 5.83. The first-order valence-electron chi connectivity index (χ1n) is 21.3. The minimum absolute atomic E-state index is 0. The molecule has 3 N–H and O–H groups in total. The van der Waals surface area contributed by atoms with Crippen molar-refractivity contribution in [1.29, 1.82) is 0 Å². The molecule has 9 rings (SSSR count). The Bertz CT molecular complexity index is 2320. The summed E-state index contributed by atoms with van der Waals surface area (Å²) in [5.41, 5.74) is -3.15. The fourth-order valence-electron chi connectivity index (χ4n) is 13.4. The van der Waals surface area contributed by atoms with Crippen LogP contribution in [-0.4, -0.2) is 133 Å². The van der Waals surface area contributed by atoms with Crippen molar-refractivity contribution >= 4 is 53.3 Å². The Balaban J connectivity index is 0.00000514. The van der Waals surface area contributed by atoms with Gasteiger partial charge in [-0.15, -0.1) is 12.4 Å². The lowest BCUT2D eigenvalue weighted by atomic mass is 9.47. The largest absolute Gasteiger partial charge is 0.496 e. The van der Waals surface area contributed by atoms with Gasteiger partial charge in [0.05, 0.1) is 38.7 Å². The monoisotopic (exact) mass is 860 g/mol. The van der Waals surface area contributed by atoms with Crippen molar-refractivity contribution in [3.8, 4) is 5.75 Å². The number of carbonyl (C=O) groups excluding carboxylic acids is 4. The van der Waals surface area contributed by atoms with Crippen LogP contribution in [0.5, 0.6) is 5.75 Å². The Morgan fingerprint density at radius 3 is 2.39 bits per heavy atom. The van der Waals surface area contributed by atoms with Crippen molar-refractivity contribution < 1.29 is 48.3 Å². The van der Waals surface area contributed by atoms with E-state index in [1.54, 1.807) is 6.07 Å². The standard InChI is InChI=1S/C46H56N4O10.ClH/c1-7-42(55)22-28-23-45(40(53)58-5,36-30(14-18-48(24-28)25-42)29-12-9-10-13-33(29)47-36)32-20-31-34(21-35(32)57-4)50(26-51)38-44(31)16-19-49-17-11-15-43(8-2,37(44)49)39(60-27(3)52)46(38,56)41(54)59-6;/h9-13,15,20-21,26,28,37-39,47,55-56H,7-8,14,16-19,22-25H2,1-6H3;1H/t28-,37+,38-,39-,42+,43-,44-,45+,46+;/m1./s1. The predicted octanol–water partition coefficient (Wildman–Crippen LogP) is 3.94. The molecule has 3 fully saturated rings. The number of aliphatic hydroxyl groups is 2. The van der Waals surface area contributed by atoms with Gasteiger partial charge in [0.2, 0.25) is 12.0 Å². The Labute approximate surface area is 361 Å². The number of aromatic nitrogens is 1. The number of hydrogen-bond donors (Lipinski definition) is 3. The summed E-state index contributed by atoms with van der Waals surface area (Å²) in [6, 6.07) is 9.97. The average Bonchev–Trinajstić information content (AvgIpc) is 3.92. The van der Waals surface area contributed by atoms with Crippen LogP contribution in [-0.2, 0) is 50.6 Å². The van der Waals surface area contributed by atoms with Crippen LogP contribution in [0.3, 0.4) is 0 Å². The minimum atomic E-state index is -2.53. The third kappa shape index (κ3) is 5.67. The highest BCUT2D eigenvalue weighted by Crippen LogP contribution is 2.68. The normalized spacial score (nSPS) is 35.9. The number of fused-ring (bicyclic) bond motifs is 6. The maximum absolute atomic E-state index is 15.3. The molecule has 14 nitrogen and oxygen atoms in total. The molecule has 0 radical (unpaired) electrons. The first-order chi connectivity index (χ1) is 28.8. The van der Waals surface area contributed by atoms with E-state index >= 15 is 4.79 Å². The molecule has 15 heteroatoms. The quantitative estimate of drug-likeness (QED) is 0.129. The van der Waals surface area contributed by atoms with Gasteiger partial charge in [0, 0.05) is 78.2 Å². The predicted molar refractivity (Wildman–Crippen MR) is 228 cm³/mol. The molecule has 6 aliphatic rings. The van der Waals surface area contributed by atoms with Crippen LogP contribution < -0.4 is 9.64 Å². The van der Waals surface area contributed by atoms with Gasteiger partial charge < -0.3 is 39.0 Å². The third-order valence-corrected chi connectivity index (χ3v) is 15.5. The smallest absolute Gasteiger partial charge is 0.344 e. The lowest BCUT2D eigenvalue weighted by molar-refractivity contribution is -0.228. The maximum Gasteiger partial charge on any atom is 0.344 e.